The van der Waals surface area contributed by atoms with Crippen molar-refractivity contribution in [1.82, 2.24) is 5.32 Å². The molecule has 1 rings (SSSR count). The Balaban J connectivity index is 2.45. The molecule has 0 saturated carbocycles. The van der Waals surface area contributed by atoms with Gasteiger partial charge in [-0.05, 0) is 36.6 Å². The fourth-order valence-electron chi connectivity index (χ4n) is 2.14. The maximum Gasteiger partial charge on any atom is 0.251 e. The third-order valence-corrected chi connectivity index (χ3v) is 3.58. The van der Waals surface area contributed by atoms with E-state index in [-0.39, 0.29) is 5.91 Å². The van der Waals surface area contributed by atoms with Crippen LogP contribution in [0.5, 0.6) is 5.75 Å². The van der Waals surface area contributed by atoms with Gasteiger partial charge in [0, 0.05) is 12.1 Å². The van der Waals surface area contributed by atoms with Crippen LogP contribution in [-0.4, -0.2) is 19.1 Å². The normalized spacial score (nSPS) is 11.7. The first kappa shape index (κ1) is 17.3. The van der Waals surface area contributed by atoms with Crippen molar-refractivity contribution in [1.29, 1.82) is 0 Å². The fourth-order valence-corrected chi connectivity index (χ4v) is 2.14. The molecule has 1 atom stereocenters. The van der Waals surface area contributed by atoms with Crippen LogP contribution in [-0.2, 0) is 0 Å². The molecule has 0 bridgehead atoms. The van der Waals surface area contributed by atoms with E-state index in [0.717, 1.165) is 18.7 Å². The standard InChI is InChI=1S/C18H27NO2/c1-4-7-8-15(6-3)14-19-18(20)16-9-11-17(12-10-16)21-13-5-2/h5,9-12,15H,2,4,6-8,13-14H2,1,3H3,(H,19,20)/t15-/m1/s1. The summed E-state index contributed by atoms with van der Waals surface area (Å²) in [6.45, 7) is 9.20. The van der Waals surface area contributed by atoms with Gasteiger partial charge < -0.3 is 10.1 Å². The molecule has 0 aliphatic heterocycles. The van der Waals surface area contributed by atoms with Crippen molar-refractivity contribution in [2.75, 3.05) is 13.2 Å². The van der Waals surface area contributed by atoms with Crippen LogP contribution >= 0.6 is 0 Å². The van der Waals surface area contributed by atoms with Gasteiger partial charge in [0.2, 0.25) is 0 Å². The minimum absolute atomic E-state index is 0.0137. The first-order valence-electron chi connectivity index (χ1n) is 7.83. The number of nitrogens with one attached hydrogen (secondary N) is 1. The Morgan fingerprint density at radius 2 is 2.05 bits per heavy atom. The highest BCUT2D eigenvalue weighted by atomic mass is 16.5. The zero-order valence-corrected chi connectivity index (χ0v) is 13.2. The van der Waals surface area contributed by atoms with E-state index in [9.17, 15) is 4.79 Å². The maximum absolute atomic E-state index is 12.1. The Morgan fingerprint density at radius 1 is 1.33 bits per heavy atom. The van der Waals surface area contributed by atoms with Gasteiger partial charge >= 0.3 is 0 Å². The number of hydrogen-bond acceptors (Lipinski definition) is 2. The van der Waals surface area contributed by atoms with Crippen molar-refractivity contribution >= 4 is 5.91 Å². The van der Waals surface area contributed by atoms with Crippen LogP contribution in [0.4, 0.5) is 0 Å². The third kappa shape index (κ3) is 6.48. The summed E-state index contributed by atoms with van der Waals surface area (Å²) >= 11 is 0. The van der Waals surface area contributed by atoms with Gasteiger partial charge in [0.25, 0.3) is 5.91 Å². The van der Waals surface area contributed by atoms with E-state index in [1.54, 1.807) is 18.2 Å². The summed E-state index contributed by atoms with van der Waals surface area (Å²) < 4.78 is 5.40. The number of rotatable bonds is 10. The molecule has 0 radical (unpaired) electrons. The van der Waals surface area contributed by atoms with Gasteiger partial charge in [0.15, 0.2) is 0 Å². The van der Waals surface area contributed by atoms with Crippen LogP contribution in [0.15, 0.2) is 36.9 Å². The van der Waals surface area contributed by atoms with Crippen molar-refractivity contribution < 1.29 is 9.53 Å². The molecule has 0 unspecified atom stereocenters. The van der Waals surface area contributed by atoms with E-state index in [1.807, 2.05) is 12.1 Å². The second-order valence-electron chi connectivity index (χ2n) is 5.25. The molecule has 1 amide bonds. The summed E-state index contributed by atoms with van der Waals surface area (Å²) in [4.78, 5) is 12.1. The molecule has 0 spiro atoms. The second-order valence-corrected chi connectivity index (χ2v) is 5.25. The Labute approximate surface area is 128 Å². The van der Waals surface area contributed by atoms with E-state index < -0.39 is 0 Å². The zero-order valence-electron chi connectivity index (χ0n) is 13.2. The molecule has 1 aromatic rings. The molecule has 0 heterocycles. The first-order chi connectivity index (χ1) is 10.2. The predicted molar refractivity (Wildman–Crippen MR) is 87.8 cm³/mol. The van der Waals surface area contributed by atoms with Crippen molar-refractivity contribution in [3.05, 3.63) is 42.5 Å². The van der Waals surface area contributed by atoms with Crippen molar-refractivity contribution in [2.24, 2.45) is 5.92 Å². The Kier molecular flexibility index (Phi) is 8.25. The third-order valence-electron chi connectivity index (χ3n) is 3.58. The number of benzene rings is 1. The van der Waals surface area contributed by atoms with E-state index in [1.165, 1.54) is 19.3 Å². The largest absolute Gasteiger partial charge is 0.490 e. The van der Waals surface area contributed by atoms with Crippen LogP contribution in [0.25, 0.3) is 0 Å². The van der Waals surface area contributed by atoms with Crippen LogP contribution in [0.2, 0.25) is 0 Å². The molecule has 0 aliphatic carbocycles. The lowest BCUT2D eigenvalue weighted by atomic mass is 9.99. The Morgan fingerprint density at radius 3 is 2.62 bits per heavy atom. The molecular weight excluding hydrogens is 262 g/mol. The average Bonchev–Trinajstić information content (AvgIpc) is 2.53. The lowest BCUT2D eigenvalue weighted by Gasteiger charge is -2.15. The second kappa shape index (κ2) is 10.0. The topological polar surface area (TPSA) is 38.3 Å². The quantitative estimate of drug-likeness (QED) is 0.656. The van der Waals surface area contributed by atoms with Gasteiger partial charge in [-0.2, -0.15) is 0 Å². The number of amides is 1. The highest BCUT2D eigenvalue weighted by Crippen LogP contribution is 2.14. The van der Waals surface area contributed by atoms with Crippen LogP contribution < -0.4 is 10.1 Å². The Hall–Kier alpha value is -1.77. The van der Waals surface area contributed by atoms with Gasteiger partial charge in [0.05, 0.1) is 0 Å². The molecule has 0 aromatic heterocycles. The summed E-state index contributed by atoms with van der Waals surface area (Å²) in [7, 11) is 0. The lowest BCUT2D eigenvalue weighted by molar-refractivity contribution is 0.0946. The Bertz CT molecular complexity index is 425. The molecule has 3 nitrogen and oxygen atoms in total. The highest BCUT2D eigenvalue weighted by Gasteiger charge is 2.10. The first-order valence-corrected chi connectivity index (χ1v) is 7.83. The number of carbonyl (C=O) groups excluding carboxylic acids is 1. The minimum atomic E-state index is -0.0137. The predicted octanol–water partition coefficient (Wildman–Crippen LogP) is 4.20. The summed E-state index contributed by atoms with van der Waals surface area (Å²) in [5.74, 6) is 1.31. The molecule has 21 heavy (non-hydrogen) atoms. The molecule has 0 aliphatic rings. The molecular formula is C18H27NO2. The molecule has 1 aromatic carbocycles. The van der Waals surface area contributed by atoms with Gasteiger partial charge in [-0.25, -0.2) is 0 Å². The van der Waals surface area contributed by atoms with E-state index >= 15 is 0 Å². The molecule has 3 heteroatoms. The van der Waals surface area contributed by atoms with Crippen molar-refractivity contribution in [3.63, 3.8) is 0 Å². The van der Waals surface area contributed by atoms with Gasteiger partial charge in [0.1, 0.15) is 12.4 Å². The number of hydrogen-bond donors (Lipinski definition) is 1. The molecule has 0 fully saturated rings. The van der Waals surface area contributed by atoms with Gasteiger partial charge in [-0.15, -0.1) is 0 Å². The monoisotopic (exact) mass is 289 g/mol. The van der Waals surface area contributed by atoms with Crippen molar-refractivity contribution in [2.45, 2.75) is 39.5 Å². The number of carbonyl (C=O) groups is 1. The van der Waals surface area contributed by atoms with E-state index in [0.29, 0.717) is 18.1 Å². The molecule has 1 N–H and O–H groups in total. The smallest absolute Gasteiger partial charge is 0.251 e. The van der Waals surface area contributed by atoms with Crippen LogP contribution in [0, 0.1) is 5.92 Å². The minimum Gasteiger partial charge on any atom is -0.490 e. The summed E-state index contributed by atoms with van der Waals surface area (Å²) in [6.07, 6.45) is 6.42. The number of ether oxygens (including phenoxy) is 1. The average molecular weight is 289 g/mol. The lowest BCUT2D eigenvalue weighted by Crippen LogP contribution is -2.29. The number of unbranched alkanes of at least 4 members (excludes halogenated alkanes) is 1. The summed E-state index contributed by atoms with van der Waals surface area (Å²) in [5.41, 5.74) is 0.672. The van der Waals surface area contributed by atoms with Gasteiger partial charge in [-0.3, -0.25) is 4.79 Å². The highest BCUT2D eigenvalue weighted by molar-refractivity contribution is 5.94. The van der Waals surface area contributed by atoms with Gasteiger partial charge in [-0.1, -0.05) is 45.8 Å². The molecule has 0 saturated heterocycles. The van der Waals surface area contributed by atoms with Crippen LogP contribution in [0.1, 0.15) is 49.9 Å². The van der Waals surface area contributed by atoms with E-state index in [4.69, 9.17) is 4.74 Å². The van der Waals surface area contributed by atoms with E-state index in [2.05, 4.69) is 25.7 Å². The summed E-state index contributed by atoms with van der Waals surface area (Å²) in [5, 5.41) is 3.03. The maximum atomic E-state index is 12.1. The SMILES string of the molecule is C=CCOc1ccc(C(=O)NC[C@H](CC)CCCC)cc1. The fraction of sp³-hybridized carbons (Fsp3) is 0.500. The van der Waals surface area contributed by atoms with Crippen molar-refractivity contribution in [3.8, 4) is 5.75 Å². The summed E-state index contributed by atoms with van der Waals surface area (Å²) in [6, 6.07) is 7.21. The molecule has 116 valence electrons. The van der Waals surface area contributed by atoms with Crippen LogP contribution in [0.3, 0.4) is 0 Å². The zero-order chi connectivity index (χ0) is 15.5.